The summed E-state index contributed by atoms with van der Waals surface area (Å²) in [5.74, 6) is -3.14. The Morgan fingerprint density at radius 3 is 2.13 bits per heavy atom. The second-order valence-electron chi connectivity index (χ2n) is 8.95. The molecule has 11 heteroatoms. The van der Waals surface area contributed by atoms with E-state index in [2.05, 4.69) is 20.9 Å². The zero-order valence-corrected chi connectivity index (χ0v) is 20.9. The van der Waals surface area contributed by atoms with Crippen LogP contribution in [0, 0.1) is 0 Å². The Morgan fingerprint density at radius 1 is 0.868 bits per heavy atom. The molecule has 11 nitrogen and oxygen atoms in total. The van der Waals surface area contributed by atoms with E-state index in [0.717, 1.165) is 10.9 Å². The van der Waals surface area contributed by atoms with Gasteiger partial charge in [0.2, 0.25) is 17.7 Å². The molecule has 3 aromatic rings. The number of hydrogen-bond acceptors (Lipinski definition) is 6. The monoisotopic (exact) mass is 524 g/mol. The van der Waals surface area contributed by atoms with E-state index in [1.54, 1.807) is 18.3 Å². The number of fused-ring (bicyclic) bond motifs is 1. The number of para-hydroxylation sites is 1. The second-order valence-corrected chi connectivity index (χ2v) is 8.95. The molecule has 38 heavy (non-hydrogen) atoms. The SMILES string of the molecule is CCCC(=O)N[C@@H](Cc1ccc(O)cc1)C(=O)N[C@@H](Cc1c[nH]c2ccccc12)C(=O)N[C@@H](CO)C(=O)O. The quantitative estimate of drug-likeness (QED) is 0.174. The van der Waals surface area contributed by atoms with Gasteiger partial charge in [0.25, 0.3) is 0 Å². The van der Waals surface area contributed by atoms with Crippen molar-refractivity contribution in [3.63, 3.8) is 0 Å². The van der Waals surface area contributed by atoms with Crippen LogP contribution in [0.1, 0.15) is 30.9 Å². The van der Waals surface area contributed by atoms with Gasteiger partial charge in [0.1, 0.15) is 23.9 Å². The summed E-state index contributed by atoms with van der Waals surface area (Å²) < 4.78 is 0. The highest BCUT2D eigenvalue weighted by Crippen LogP contribution is 2.19. The first kappa shape index (κ1) is 28.2. The fourth-order valence-electron chi connectivity index (χ4n) is 4.03. The number of carboxylic acid groups (broad SMARTS) is 1. The first-order valence-electron chi connectivity index (χ1n) is 12.3. The largest absolute Gasteiger partial charge is 0.508 e. The van der Waals surface area contributed by atoms with Gasteiger partial charge >= 0.3 is 5.97 Å². The molecular formula is C27H32N4O7. The van der Waals surface area contributed by atoms with Crippen molar-refractivity contribution in [2.24, 2.45) is 0 Å². The van der Waals surface area contributed by atoms with E-state index >= 15 is 0 Å². The van der Waals surface area contributed by atoms with Crippen LogP contribution in [0.5, 0.6) is 5.75 Å². The highest BCUT2D eigenvalue weighted by atomic mass is 16.4. The lowest BCUT2D eigenvalue weighted by Gasteiger charge is -2.24. The number of phenols is 1. The average molecular weight is 525 g/mol. The average Bonchev–Trinajstić information content (AvgIpc) is 3.30. The van der Waals surface area contributed by atoms with Crippen LogP contribution in [0.3, 0.4) is 0 Å². The van der Waals surface area contributed by atoms with Gasteiger partial charge in [-0.3, -0.25) is 14.4 Å². The standard InChI is InChI=1S/C27H32N4O7/c1-2-5-24(34)29-21(12-16-8-10-18(33)11-9-16)25(35)30-22(26(36)31-23(15-32)27(37)38)13-17-14-28-20-7-4-3-6-19(17)20/h3-4,6-11,14,21-23,28,32-33H,2,5,12-13,15H2,1H3,(H,29,34)(H,30,35)(H,31,36)(H,37,38)/t21-,22-,23-/m0/s1. The number of amides is 3. The van der Waals surface area contributed by atoms with Crippen molar-refractivity contribution in [3.8, 4) is 5.75 Å². The first-order valence-corrected chi connectivity index (χ1v) is 12.3. The van der Waals surface area contributed by atoms with E-state index in [4.69, 9.17) is 0 Å². The molecular weight excluding hydrogens is 492 g/mol. The Bertz CT molecular complexity index is 1270. The molecule has 2 aromatic carbocycles. The number of aliphatic hydroxyl groups is 1. The Kier molecular flexibility index (Phi) is 9.83. The number of nitrogens with one attached hydrogen (secondary N) is 4. The number of aliphatic carboxylic acids is 1. The van der Waals surface area contributed by atoms with Crippen LogP contribution < -0.4 is 16.0 Å². The number of carbonyl (C=O) groups is 4. The number of carbonyl (C=O) groups excluding carboxylic acids is 3. The second kappa shape index (κ2) is 13.2. The summed E-state index contributed by atoms with van der Waals surface area (Å²) in [7, 11) is 0. The maximum Gasteiger partial charge on any atom is 0.328 e. The van der Waals surface area contributed by atoms with E-state index in [0.29, 0.717) is 17.5 Å². The number of aromatic hydroxyl groups is 1. The van der Waals surface area contributed by atoms with Crippen molar-refractivity contribution in [2.75, 3.05) is 6.61 Å². The fourth-order valence-corrected chi connectivity index (χ4v) is 4.03. The number of benzene rings is 2. The molecule has 0 aliphatic heterocycles. The van der Waals surface area contributed by atoms with E-state index < -0.39 is 42.5 Å². The summed E-state index contributed by atoms with van der Waals surface area (Å²) in [6.45, 7) is 1.00. The lowest BCUT2D eigenvalue weighted by molar-refractivity contribution is -0.143. The fraction of sp³-hybridized carbons (Fsp3) is 0.333. The minimum atomic E-state index is -1.55. The summed E-state index contributed by atoms with van der Waals surface area (Å²) in [5.41, 5.74) is 2.20. The number of aromatic nitrogens is 1. The number of H-pyrrole nitrogens is 1. The molecule has 0 unspecified atom stereocenters. The van der Waals surface area contributed by atoms with Crippen molar-refractivity contribution in [1.82, 2.24) is 20.9 Å². The summed E-state index contributed by atoms with van der Waals surface area (Å²) in [5, 5.41) is 36.7. The van der Waals surface area contributed by atoms with E-state index in [1.807, 2.05) is 31.2 Å². The zero-order valence-electron chi connectivity index (χ0n) is 20.9. The highest BCUT2D eigenvalue weighted by molar-refractivity contribution is 5.94. The summed E-state index contributed by atoms with van der Waals surface area (Å²) in [6, 6.07) is 9.76. The predicted octanol–water partition coefficient (Wildman–Crippen LogP) is 0.990. The molecule has 0 spiro atoms. The van der Waals surface area contributed by atoms with Gasteiger partial charge in [0.05, 0.1) is 6.61 Å². The number of phenolic OH excluding ortho intramolecular Hbond substituents is 1. The third-order valence-corrected chi connectivity index (χ3v) is 6.03. The number of aliphatic hydroxyl groups excluding tert-OH is 1. The number of aromatic amines is 1. The molecule has 202 valence electrons. The normalized spacial score (nSPS) is 13.3. The Hall–Kier alpha value is -4.38. The van der Waals surface area contributed by atoms with Gasteiger partial charge < -0.3 is 36.3 Å². The van der Waals surface area contributed by atoms with Gasteiger partial charge in [-0.1, -0.05) is 37.3 Å². The highest BCUT2D eigenvalue weighted by Gasteiger charge is 2.30. The van der Waals surface area contributed by atoms with Crippen LogP contribution in [0.15, 0.2) is 54.7 Å². The topological polar surface area (TPSA) is 181 Å². The first-order chi connectivity index (χ1) is 18.2. The van der Waals surface area contributed by atoms with Crippen LogP contribution >= 0.6 is 0 Å². The van der Waals surface area contributed by atoms with E-state index in [9.17, 15) is 34.5 Å². The number of hydrogen-bond donors (Lipinski definition) is 7. The van der Waals surface area contributed by atoms with E-state index in [-0.39, 0.29) is 30.9 Å². The van der Waals surface area contributed by atoms with Crippen LogP contribution in [0.2, 0.25) is 0 Å². The van der Waals surface area contributed by atoms with Gasteiger partial charge in [-0.15, -0.1) is 0 Å². The van der Waals surface area contributed by atoms with Crippen molar-refractivity contribution in [2.45, 2.75) is 50.7 Å². The van der Waals surface area contributed by atoms with Gasteiger partial charge in [-0.2, -0.15) is 0 Å². The minimum absolute atomic E-state index is 0.0220. The molecule has 0 aliphatic rings. The molecule has 3 amide bonds. The van der Waals surface area contributed by atoms with Crippen molar-refractivity contribution < 1.29 is 34.5 Å². The molecule has 1 aromatic heterocycles. The predicted molar refractivity (Wildman–Crippen MR) is 139 cm³/mol. The molecule has 1 heterocycles. The smallest absolute Gasteiger partial charge is 0.328 e. The van der Waals surface area contributed by atoms with Crippen molar-refractivity contribution >= 4 is 34.6 Å². The Labute approximate surface area is 219 Å². The maximum atomic E-state index is 13.4. The molecule has 0 bridgehead atoms. The summed E-state index contributed by atoms with van der Waals surface area (Å²) in [6.07, 6.45) is 2.60. The molecule has 0 saturated heterocycles. The van der Waals surface area contributed by atoms with Gasteiger partial charge in [-0.25, -0.2) is 4.79 Å². The van der Waals surface area contributed by atoms with Crippen molar-refractivity contribution in [1.29, 1.82) is 0 Å². The molecule has 7 N–H and O–H groups in total. The number of carboxylic acids is 1. The molecule has 0 aliphatic carbocycles. The van der Waals surface area contributed by atoms with Gasteiger partial charge in [-0.05, 0) is 35.7 Å². The molecule has 3 atom stereocenters. The Balaban J connectivity index is 1.87. The third-order valence-electron chi connectivity index (χ3n) is 6.03. The van der Waals surface area contributed by atoms with Crippen LogP contribution in [0.4, 0.5) is 0 Å². The lowest BCUT2D eigenvalue weighted by atomic mass is 10.0. The summed E-state index contributed by atoms with van der Waals surface area (Å²) in [4.78, 5) is 53.4. The zero-order chi connectivity index (χ0) is 27.7. The van der Waals surface area contributed by atoms with Crippen molar-refractivity contribution in [3.05, 3.63) is 65.9 Å². The maximum absolute atomic E-state index is 13.4. The molecule has 3 rings (SSSR count). The molecule has 0 saturated carbocycles. The lowest BCUT2D eigenvalue weighted by Crippen LogP contribution is -2.57. The minimum Gasteiger partial charge on any atom is -0.508 e. The van der Waals surface area contributed by atoms with Crippen LogP contribution in [-0.2, 0) is 32.0 Å². The Morgan fingerprint density at radius 2 is 1.50 bits per heavy atom. The molecule has 0 radical (unpaired) electrons. The van der Waals surface area contributed by atoms with Gasteiger partial charge in [0.15, 0.2) is 0 Å². The summed E-state index contributed by atoms with van der Waals surface area (Å²) >= 11 is 0. The van der Waals surface area contributed by atoms with E-state index in [1.165, 1.54) is 12.1 Å². The number of rotatable bonds is 13. The van der Waals surface area contributed by atoms with Crippen LogP contribution in [0.25, 0.3) is 10.9 Å². The van der Waals surface area contributed by atoms with Gasteiger partial charge in [0, 0.05) is 36.4 Å². The molecule has 0 fully saturated rings. The third kappa shape index (κ3) is 7.56. The van der Waals surface area contributed by atoms with Crippen LogP contribution in [-0.4, -0.2) is 68.7 Å².